The molecule has 6 nitrogen and oxygen atoms in total. The molecule has 0 unspecified atom stereocenters. The Hall–Kier alpha value is -2.08. The van der Waals surface area contributed by atoms with Gasteiger partial charge in [0.1, 0.15) is 0 Å². The SMILES string of the molecule is CCNC(=NCCCOCC1CC1)NCCc1cccc(C(=O)N(C)C)c1. The van der Waals surface area contributed by atoms with E-state index < -0.39 is 0 Å². The minimum absolute atomic E-state index is 0.0311. The summed E-state index contributed by atoms with van der Waals surface area (Å²) >= 11 is 0. The molecule has 0 radical (unpaired) electrons. The number of amides is 1. The first-order valence-electron chi connectivity index (χ1n) is 10.0. The van der Waals surface area contributed by atoms with Gasteiger partial charge in [-0.05, 0) is 56.2 Å². The van der Waals surface area contributed by atoms with E-state index in [1.165, 1.54) is 12.8 Å². The molecule has 1 aliphatic rings. The van der Waals surface area contributed by atoms with Gasteiger partial charge < -0.3 is 20.3 Å². The van der Waals surface area contributed by atoms with Gasteiger partial charge in [0, 0.05) is 52.5 Å². The van der Waals surface area contributed by atoms with Gasteiger partial charge in [-0.2, -0.15) is 0 Å². The monoisotopic (exact) mass is 374 g/mol. The van der Waals surface area contributed by atoms with E-state index in [1.807, 2.05) is 18.2 Å². The van der Waals surface area contributed by atoms with Crippen molar-refractivity contribution in [2.75, 3.05) is 46.9 Å². The maximum absolute atomic E-state index is 12.1. The molecule has 2 N–H and O–H groups in total. The number of carbonyl (C=O) groups is 1. The van der Waals surface area contributed by atoms with Crippen LogP contribution < -0.4 is 10.6 Å². The Morgan fingerprint density at radius 3 is 2.81 bits per heavy atom. The number of rotatable bonds is 11. The predicted molar refractivity (Wildman–Crippen MR) is 110 cm³/mol. The zero-order valence-electron chi connectivity index (χ0n) is 17.0. The van der Waals surface area contributed by atoms with Crippen LogP contribution in [0, 0.1) is 5.92 Å². The molecule has 0 atom stereocenters. The lowest BCUT2D eigenvalue weighted by atomic mass is 10.1. The Bertz CT molecular complexity index is 612. The first kappa shape index (κ1) is 21.2. The minimum Gasteiger partial charge on any atom is -0.381 e. The van der Waals surface area contributed by atoms with Crippen molar-refractivity contribution >= 4 is 11.9 Å². The second kappa shape index (κ2) is 11.6. The van der Waals surface area contributed by atoms with Crippen molar-refractivity contribution in [3.63, 3.8) is 0 Å². The maximum Gasteiger partial charge on any atom is 0.253 e. The van der Waals surface area contributed by atoms with Crippen LogP contribution in [0.1, 0.15) is 42.1 Å². The molecule has 0 aliphatic heterocycles. The largest absolute Gasteiger partial charge is 0.381 e. The molecule has 0 bridgehead atoms. The number of aliphatic imine (C=N–C) groups is 1. The van der Waals surface area contributed by atoms with Gasteiger partial charge in [-0.15, -0.1) is 0 Å². The summed E-state index contributed by atoms with van der Waals surface area (Å²) in [7, 11) is 3.54. The second-order valence-corrected chi connectivity index (χ2v) is 7.21. The van der Waals surface area contributed by atoms with Crippen molar-refractivity contribution in [3.05, 3.63) is 35.4 Å². The van der Waals surface area contributed by atoms with E-state index in [4.69, 9.17) is 4.74 Å². The third kappa shape index (κ3) is 8.43. The number of benzene rings is 1. The van der Waals surface area contributed by atoms with Gasteiger partial charge >= 0.3 is 0 Å². The Morgan fingerprint density at radius 2 is 2.11 bits per heavy atom. The molecule has 1 aromatic rings. The first-order valence-corrected chi connectivity index (χ1v) is 10.0. The molecule has 0 aromatic heterocycles. The molecule has 1 aromatic carbocycles. The molecule has 1 amide bonds. The number of carbonyl (C=O) groups excluding carboxylic acids is 1. The molecule has 0 saturated heterocycles. The number of ether oxygens (including phenoxy) is 1. The van der Waals surface area contributed by atoms with Crippen LogP contribution in [0.25, 0.3) is 0 Å². The number of nitrogens with one attached hydrogen (secondary N) is 2. The van der Waals surface area contributed by atoms with Crippen LogP contribution in [0.3, 0.4) is 0 Å². The molecule has 0 spiro atoms. The lowest BCUT2D eigenvalue weighted by Gasteiger charge is -2.13. The Kier molecular flexibility index (Phi) is 9.11. The summed E-state index contributed by atoms with van der Waals surface area (Å²) in [6.07, 6.45) is 4.44. The number of hydrogen-bond donors (Lipinski definition) is 2. The molecule has 0 heterocycles. The highest BCUT2D eigenvalue weighted by molar-refractivity contribution is 5.94. The minimum atomic E-state index is 0.0311. The third-order valence-corrected chi connectivity index (χ3v) is 4.40. The van der Waals surface area contributed by atoms with Crippen molar-refractivity contribution in [1.29, 1.82) is 0 Å². The van der Waals surface area contributed by atoms with Crippen LogP contribution in [0.5, 0.6) is 0 Å². The first-order chi connectivity index (χ1) is 13.1. The average molecular weight is 375 g/mol. The maximum atomic E-state index is 12.1. The van der Waals surface area contributed by atoms with E-state index in [0.717, 1.165) is 68.7 Å². The van der Waals surface area contributed by atoms with E-state index >= 15 is 0 Å². The average Bonchev–Trinajstić information content (AvgIpc) is 3.48. The van der Waals surface area contributed by atoms with Crippen LogP contribution in [0.15, 0.2) is 29.3 Å². The lowest BCUT2D eigenvalue weighted by molar-refractivity contribution is 0.0827. The molecule has 1 fully saturated rings. The van der Waals surface area contributed by atoms with Gasteiger partial charge in [-0.3, -0.25) is 9.79 Å². The van der Waals surface area contributed by atoms with Gasteiger partial charge in [-0.1, -0.05) is 12.1 Å². The number of guanidine groups is 1. The molecular weight excluding hydrogens is 340 g/mol. The highest BCUT2D eigenvalue weighted by atomic mass is 16.5. The van der Waals surface area contributed by atoms with Crippen LogP contribution >= 0.6 is 0 Å². The number of nitrogens with zero attached hydrogens (tertiary/aromatic N) is 2. The zero-order chi connectivity index (χ0) is 19.5. The van der Waals surface area contributed by atoms with E-state index in [2.05, 4.69) is 28.6 Å². The quantitative estimate of drug-likeness (QED) is 0.354. The summed E-state index contributed by atoms with van der Waals surface area (Å²) < 4.78 is 5.64. The van der Waals surface area contributed by atoms with Gasteiger partial charge in [0.05, 0.1) is 0 Å². The molecule has 27 heavy (non-hydrogen) atoms. The highest BCUT2D eigenvalue weighted by Crippen LogP contribution is 2.28. The van der Waals surface area contributed by atoms with Gasteiger partial charge in [0.25, 0.3) is 5.91 Å². The molecule has 150 valence electrons. The van der Waals surface area contributed by atoms with Crippen LogP contribution in [0.2, 0.25) is 0 Å². The lowest BCUT2D eigenvalue weighted by Crippen LogP contribution is -2.38. The van der Waals surface area contributed by atoms with Crippen molar-refractivity contribution in [2.45, 2.75) is 32.6 Å². The van der Waals surface area contributed by atoms with Crippen molar-refractivity contribution in [2.24, 2.45) is 10.9 Å². The topological polar surface area (TPSA) is 66.0 Å². The summed E-state index contributed by atoms with van der Waals surface area (Å²) in [6, 6.07) is 7.81. The zero-order valence-corrected chi connectivity index (χ0v) is 17.0. The number of hydrogen-bond acceptors (Lipinski definition) is 3. The van der Waals surface area contributed by atoms with E-state index in [-0.39, 0.29) is 5.91 Å². The Balaban J connectivity index is 1.71. The smallest absolute Gasteiger partial charge is 0.253 e. The fourth-order valence-corrected chi connectivity index (χ4v) is 2.68. The van der Waals surface area contributed by atoms with Gasteiger partial charge in [0.15, 0.2) is 5.96 Å². The van der Waals surface area contributed by atoms with E-state index in [0.29, 0.717) is 0 Å². The summed E-state index contributed by atoms with van der Waals surface area (Å²) in [4.78, 5) is 18.3. The molecule has 1 aliphatic carbocycles. The Labute approximate surface area is 163 Å². The molecule has 1 saturated carbocycles. The highest BCUT2D eigenvalue weighted by Gasteiger charge is 2.20. The second-order valence-electron chi connectivity index (χ2n) is 7.21. The normalized spacial score (nSPS) is 14.1. The third-order valence-electron chi connectivity index (χ3n) is 4.40. The van der Waals surface area contributed by atoms with Gasteiger partial charge in [0.2, 0.25) is 0 Å². The van der Waals surface area contributed by atoms with Crippen LogP contribution in [0.4, 0.5) is 0 Å². The molecule has 6 heteroatoms. The fourth-order valence-electron chi connectivity index (χ4n) is 2.68. The Morgan fingerprint density at radius 1 is 1.30 bits per heavy atom. The van der Waals surface area contributed by atoms with Crippen molar-refractivity contribution < 1.29 is 9.53 Å². The molecular formula is C21H34N4O2. The summed E-state index contributed by atoms with van der Waals surface area (Å²) in [6.45, 7) is 6.11. The standard InChI is InChI=1S/C21H34N4O2/c1-4-22-21(23-12-6-14-27-16-18-9-10-18)24-13-11-17-7-5-8-19(15-17)20(26)25(2)3/h5,7-8,15,18H,4,6,9-14,16H2,1-3H3,(H2,22,23,24). The predicted octanol–water partition coefficient (Wildman–Crippen LogP) is 2.30. The van der Waals surface area contributed by atoms with Crippen molar-refractivity contribution in [1.82, 2.24) is 15.5 Å². The summed E-state index contributed by atoms with van der Waals surface area (Å²) in [5.74, 6) is 1.68. The summed E-state index contributed by atoms with van der Waals surface area (Å²) in [5.41, 5.74) is 1.86. The van der Waals surface area contributed by atoms with E-state index in [9.17, 15) is 4.79 Å². The fraction of sp³-hybridized carbons (Fsp3) is 0.619. The van der Waals surface area contributed by atoms with Gasteiger partial charge in [-0.25, -0.2) is 0 Å². The van der Waals surface area contributed by atoms with Crippen LogP contribution in [-0.2, 0) is 11.2 Å². The summed E-state index contributed by atoms with van der Waals surface area (Å²) in [5, 5.41) is 6.63. The van der Waals surface area contributed by atoms with Crippen molar-refractivity contribution in [3.8, 4) is 0 Å². The van der Waals surface area contributed by atoms with Crippen LogP contribution in [-0.4, -0.2) is 63.7 Å². The van der Waals surface area contributed by atoms with E-state index in [1.54, 1.807) is 19.0 Å². The molecule has 2 rings (SSSR count).